The highest BCUT2D eigenvalue weighted by Gasteiger charge is 2.29. The van der Waals surface area contributed by atoms with E-state index >= 15 is 0 Å². The first-order chi connectivity index (χ1) is 7.29. The summed E-state index contributed by atoms with van der Waals surface area (Å²) >= 11 is 0. The maximum absolute atomic E-state index is 5.26. The van der Waals surface area contributed by atoms with Gasteiger partial charge >= 0.3 is 0 Å². The minimum atomic E-state index is 0.759. The number of nitrogens with zero attached hydrogens (tertiary/aromatic N) is 1. The predicted octanol–water partition coefficient (Wildman–Crippen LogP) is 2.53. The first kappa shape index (κ1) is 11.4. The minimum absolute atomic E-state index is 0.759. The lowest BCUT2D eigenvalue weighted by Crippen LogP contribution is -2.51. The maximum atomic E-state index is 5.26. The third-order valence-corrected chi connectivity index (χ3v) is 4.22. The smallest absolute Gasteiger partial charge is 0.0645 e. The standard InChI is InChI=1S/C13H25NO/c1-3-11(2)8-12-4-6-14(7-5-12)13-9-15-10-13/h11-13H,3-10H2,1-2H3. The molecule has 0 radical (unpaired) electrons. The molecular formula is C13H25NO. The van der Waals surface area contributed by atoms with Gasteiger partial charge in [0.15, 0.2) is 0 Å². The Hall–Kier alpha value is -0.0800. The molecule has 0 aromatic heterocycles. The fourth-order valence-corrected chi connectivity index (χ4v) is 2.72. The third kappa shape index (κ3) is 2.94. The van der Waals surface area contributed by atoms with Crippen LogP contribution in [0.15, 0.2) is 0 Å². The Morgan fingerprint density at radius 2 is 1.93 bits per heavy atom. The van der Waals surface area contributed by atoms with Crippen molar-refractivity contribution in [2.45, 2.75) is 45.6 Å². The predicted molar refractivity (Wildman–Crippen MR) is 63.0 cm³/mol. The molecule has 88 valence electrons. The van der Waals surface area contributed by atoms with Crippen LogP contribution >= 0.6 is 0 Å². The summed E-state index contributed by atoms with van der Waals surface area (Å²) in [5.41, 5.74) is 0. The van der Waals surface area contributed by atoms with E-state index in [1.165, 1.54) is 38.8 Å². The number of hydrogen-bond donors (Lipinski definition) is 0. The molecule has 15 heavy (non-hydrogen) atoms. The van der Waals surface area contributed by atoms with Crippen LogP contribution in [0.3, 0.4) is 0 Å². The molecule has 1 atom stereocenters. The summed E-state index contributed by atoms with van der Waals surface area (Å²) in [7, 11) is 0. The molecule has 2 rings (SSSR count). The van der Waals surface area contributed by atoms with E-state index in [4.69, 9.17) is 4.74 Å². The molecule has 2 aliphatic rings. The van der Waals surface area contributed by atoms with Crippen molar-refractivity contribution in [3.05, 3.63) is 0 Å². The third-order valence-electron chi connectivity index (χ3n) is 4.22. The minimum Gasteiger partial charge on any atom is -0.378 e. The number of hydrogen-bond acceptors (Lipinski definition) is 2. The molecule has 0 aromatic rings. The zero-order valence-corrected chi connectivity index (χ0v) is 10.2. The molecule has 0 aliphatic carbocycles. The average Bonchev–Trinajstić information content (AvgIpc) is 2.18. The fourth-order valence-electron chi connectivity index (χ4n) is 2.72. The number of likely N-dealkylation sites (tertiary alicyclic amines) is 1. The Morgan fingerprint density at radius 1 is 1.27 bits per heavy atom. The highest BCUT2D eigenvalue weighted by Crippen LogP contribution is 2.27. The van der Waals surface area contributed by atoms with Crippen molar-refractivity contribution in [3.8, 4) is 0 Å². The van der Waals surface area contributed by atoms with Crippen molar-refractivity contribution in [2.75, 3.05) is 26.3 Å². The molecule has 0 amide bonds. The van der Waals surface area contributed by atoms with Crippen molar-refractivity contribution >= 4 is 0 Å². The van der Waals surface area contributed by atoms with Gasteiger partial charge in [-0.05, 0) is 44.2 Å². The lowest BCUT2D eigenvalue weighted by atomic mass is 9.86. The van der Waals surface area contributed by atoms with Crippen LogP contribution in [0.1, 0.15) is 39.5 Å². The quantitative estimate of drug-likeness (QED) is 0.708. The van der Waals surface area contributed by atoms with E-state index in [2.05, 4.69) is 18.7 Å². The summed E-state index contributed by atoms with van der Waals surface area (Å²) < 4.78 is 5.26. The molecule has 2 heteroatoms. The van der Waals surface area contributed by atoms with Crippen LogP contribution in [0.4, 0.5) is 0 Å². The Kier molecular flexibility index (Phi) is 4.04. The van der Waals surface area contributed by atoms with Gasteiger partial charge in [-0.2, -0.15) is 0 Å². The topological polar surface area (TPSA) is 12.5 Å². The van der Waals surface area contributed by atoms with E-state index in [0.29, 0.717) is 0 Å². The van der Waals surface area contributed by atoms with Crippen LogP contribution in [0.2, 0.25) is 0 Å². The first-order valence-corrected chi connectivity index (χ1v) is 6.61. The highest BCUT2D eigenvalue weighted by atomic mass is 16.5. The van der Waals surface area contributed by atoms with E-state index in [9.17, 15) is 0 Å². The van der Waals surface area contributed by atoms with Crippen LogP contribution in [0.25, 0.3) is 0 Å². The van der Waals surface area contributed by atoms with Crippen LogP contribution < -0.4 is 0 Å². The Bertz CT molecular complexity index is 183. The number of rotatable bonds is 4. The number of piperidine rings is 1. The van der Waals surface area contributed by atoms with E-state index in [1.807, 2.05) is 0 Å². The summed E-state index contributed by atoms with van der Waals surface area (Å²) in [6.07, 6.45) is 5.63. The van der Waals surface area contributed by atoms with E-state index in [-0.39, 0.29) is 0 Å². The second-order valence-corrected chi connectivity index (χ2v) is 5.42. The molecule has 2 nitrogen and oxygen atoms in total. The van der Waals surface area contributed by atoms with Gasteiger partial charge in [-0.25, -0.2) is 0 Å². The SMILES string of the molecule is CCC(C)CC1CCN(C2COC2)CC1. The van der Waals surface area contributed by atoms with Gasteiger partial charge in [-0.3, -0.25) is 4.90 Å². The average molecular weight is 211 g/mol. The zero-order valence-electron chi connectivity index (χ0n) is 10.2. The summed E-state index contributed by atoms with van der Waals surface area (Å²) in [6, 6.07) is 0.759. The Morgan fingerprint density at radius 3 is 2.40 bits per heavy atom. The molecule has 2 fully saturated rings. The van der Waals surface area contributed by atoms with Gasteiger partial charge in [0, 0.05) is 0 Å². The van der Waals surface area contributed by atoms with E-state index in [1.54, 1.807) is 0 Å². The fraction of sp³-hybridized carbons (Fsp3) is 1.00. The van der Waals surface area contributed by atoms with Crippen molar-refractivity contribution in [1.82, 2.24) is 4.90 Å². The summed E-state index contributed by atoms with van der Waals surface area (Å²) in [5.74, 6) is 1.92. The lowest BCUT2D eigenvalue weighted by molar-refractivity contribution is -0.0744. The monoisotopic (exact) mass is 211 g/mol. The highest BCUT2D eigenvalue weighted by molar-refractivity contribution is 4.82. The van der Waals surface area contributed by atoms with Gasteiger partial charge in [0.1, 0.15) is 0 Å². The van der Waals surface area contributed by atoms with E-state index in [0.717, 1.165) is 31.1 Å². The molecule has 2 saturated heterocycles. The molecule has 0 spiro atoms. The summed E-state index contributed by atoms with van der Waals surface area (Å²) in [4.78, 5) is 2.64. The van der Waals surface area contributed by atoms with Crippen LogP contribution in [0.5, 0.6) is 0 Å². The second kappa shape index (κ2) is 5.31. The van der Waals surface area contributed by atoms with Crippen LogP contribution in [0, 0.1) is 11.8 Å². The van der Waals surface area contributed by atoms with Crippen molar-refractivity contribution in [1.29, 1.82) is 0 Å². The molecule has 0 N–H and O–H groups in total. The maximum Gasteiger partial charge on any atom is 0.0645 e. The largest absolute Gasteiger partial charge is 0.378 e. The Balaban J connectivity index is 1.67. The molecule has 0 aromatic carbocycles. The van der Waals surface area contributed by atoms with Crippen molar-refractivity contribution < 1.29 is 4.74 Å². The number of ether oxygens (including phenoxy) is 1. The first-order valence-electron chi connectivity index (χ1n) is 6.61. The van der Waals surface area contributed by atoms with Gasteiger partial charge < -0.3 is 4.74 Å². The van der Waals surface area contributed by atoms with Crippen LogP contribution in [-0.2, 0) is 4.74 Å². The lowest BCUT2D eigenvalue weighted by Gasteiger charge is -2.41. The Labute approximate surface area is 94.0 Å². The molecule has 1 unspecified atom stereocenters. The molecule has 2 aliphatic heterocycles. The van der Waals surface area contributed by atoms with E-state index < -0.39 is 0 Å². The van der Waals surface area contributed by atoms with Gasteiger partial charge in [0.2, 0.25) is 0 Å². The molecule has 0 bridgehead atoms. The summed E-state index contributed by atoms with van der Waals surface area (Å²) in [5, 5.41) is 0. The van der Waals surface area contributed by atoms with Gasteiger partial charge in [-0.15, -0.1) is 0 Å². The second-order valence-electron chi connectivity index (χ2n) is 5.42. The van der Waals surface area contributed by atoms with Crippen molar-refractivity contribution in [3.63, 3.8) is 0 Å². The summed E-state index contributed by atoms with van der Waals surface area (Å²) in [6.45, 7) is 9.30. The van der Waals surface area contributed by atoms with Crippen LogP contribution in [-0.4, -0.2) is 37.2 Å². The van der Waals surface area contributed by atoms with Gasteiger partial charge in [0.25, 0.3) is 0 Å². The molecule has 2 heterocycles. The molecule has 0 saturated carbocycles. The van der Waals surface area contributed by atoms with Gasteiger partial charge in [-0.1, -0.05) is 20.3 Å². The zero-order chi connectivity index (χ0) is 10.7. The normalized spacial score (nSPS) is 27.6. The van der Waals surface area contributed by atoms with Crippen molar-refractivity contribution in [2.24, 2.45) is 11.8 Å². The molecular weight excluding hydrogens is 186 g/mol. The van der Waals surface area contributed by atoms with Gasteiger partial charge in [0.05, 0.1) is 19.3 Å².